The van der Waals surface area contributed by atoms with Gasteiger partial charge in [0.05, 0.1) is 12.5 Å². The molecule has 0 bridgehead atoms. The summed E-state index contributed by atoms with van der Waals surface area (Å²) in [4.78, 5) is 26.6. The maximum atomic E-state index is 12.6. The predicted octanol–water partition coefficient (Wildman–Crippen LogP) is 1.84. The fraction of sp³-hybridized carbons (Fsp3) is 0.429. The van der Waals surface area contributed by atoms with E-state index in [1.807, 2.05) is 0 Å². The Bertz CT molecular complexity index is 520. The third-order valence-corrected chi connectivity index (χ3v) is 4.50. The molecule has 1 fully saturated rings. The molecular weight excluding hydrogens is 292 g/mol. The van der Waals surface area contributed by atoms with Crippen LogP contribution < -0.4 is 4.90 Å². The van der Waals surface area contributed by atoms with E-state index in [4.69, 9.17) is 5.11 Å². The monoisotopic (exact) mass is 310 g/mol. The van der Waals surface area contributed by atoms with Crippen LogP contribution in [0.15, 0.2) is 24.3 Å². The minimum absolute atomic E-state index is 0.0395. The number of carbonyl (C=O) groups excluding carboxylic acids is 1. The Hall–Kier alpha value is -1.89. The Labute approximate surface area is 127 Å². The smallest absolute Gasteiger partial charge is 0.324 e. The molecule has 1 atom stereocenters. The van der Waals surface area contributed by atoms with Crippen molar-refractivity contribution in [2.45, 2.75) is 12.5 Å². The number of nitrogens with zero attached hydrogens (tertiary/aromatic N) is 2. The van der Waals surface area contributed by atoms with Gasteiger partial charge in [-0.2, -0.15) is 11.8 Å². The first-order valence-corrected chi connectivity index (χ1v) is 7.77. The number of aromatic hydroxyl groups is 1. The van der Waals surface area contributed by atoms with Crippen molar-refractivity contribution in [1.29, 1.82) is 0 Å². The number of urea groups is 1. The second-order valence-corrected chi connectivity index (χ2v) is 6.03. The van der Waals surface area contributed by atoms with Crippen molar-refractivity contribution in [3.63, 3.8) is 0 Å². The number of carboxylic acid groups (broad SMARTS) is 1. The number of hydrogen-bond acceptors (Lipinski definition) is 4. The number of anilines is 1. The molecule has 2 rings (SSSR count). The van der Waals surface area contributed by atoms with Gasteiger partial charge in [0.2, 0.25) is 0 Å². The molecule has 21 heavy (non-hydrogen) atoms. The van der Waals surface area contributed by atoms with Crippen molar-refractivity contribution in [2.24, 2.45) is 0 Å². The van der Waals surface area contributed by atoms with E-state index < -0.39 is 5.97 Å². The number of carboxylic acids is 1. The van der Waals surface area contributed by atoms with Gasteiger partial charge in [0.15, 0.2) is 0 Å². The van der Waals surface area contributed by atoms with Crippen LogP contribution in [0.1, 0.15) is 6.42 Å². The lowest BCUT2D eigenvalue weighted by atomic mass is 10.2. The normalized spacial score (nSPS) is 18.3. The highest BCUT2D eigenvalue weighted by atomic mass is 32.2. The fourth-order valence-corrected chi connectivity index (χ4v) is 3.32. The van der Waals surface area contributed by atoms with Crippen molar-refractivity contribution in [1.82, 2.24) is 4.90 Å². The summed E-state index contributed by atoms with van der Waals surface area (Å²) in [5, 5.41) is 18.2. The number of rotatable bonds is 3. The van der Waals surface area contributed by atoms with Gasteiger partial charge in [-0.1, -0.05) is 0 Å². The first kappa shape index (κ1) is 15.5. The second kappa shape index (κ2) is 6.71. The van der Waals surface area contributed by atoms with E-state index in [1.165, 1.54) is 17.0 Å². The molecule has 0 aromatic heterocycles. The Morgan fingerprint density at radius 3 is 2.67 bits per heavy atom. The number of phenols is 1. The third kappa shape index (κ3) is 3.81. The minimum atomic E-state index is -0.896. The first-order valence-electron chi connectivity index (χ1n) is 6.62. The SMILES string of the molecule is CN(C(=O)N1CCSCC1CC(=O)O)c1ccc(O)cc1. The lowest BCUT2D eigenvalue weighted by molar-refractivity contribution is -0.137. The Morgan fingerprint density at radius 2 is 2.05 bits per heavy atom. The number of thioether (sulfide) groups is 1. The molecule has 0 aliphatic carbocycles. The lowest BCUT2D eigenvalue weighted by Gasteiger charge is -2.37. The molecule has 1 aromatic carbocycles. The molecule has 1 unspecified atom stereocenters. The highest BCUT2D eigenvalue weighted by molar-refractivity contribution is 7.99. The molecule has 1 aliphatic rings. The van der Waals surface area contributed by atoms with Crippen LogP contribution in [0.25, 0.3) is 0 Å². The Morgan fingerprint density at radius 1 is 1.38 bits per heavy atom. The molecule has 1 saturated heterocycles. The standard InChI is InChI=1S/C14H18N2O4S/c1-15(10-2-4-12(17)5-3-10)14(20)16-6-7-21-9-11(16)8-13(18)19/h2-5,11,17H,6-9H2,1H3,(H,18,19). The molecule has 0 radical (unpaired) electrons. The van der Waals surface area contributed by atoms with E-state index in [9.17, 15) is 14.7 Å². The summed E-state index contributed by atoms with van der Waals surface area (Å²) >= 11 is 1.67. The number of phenolic OH excluding ortho intramolecular Hbond substituents is 1. The van der Waals surface area contributed by atoms with E-state index in [1.54, 1.807) is 35.8 Å². The first-order chi connectivity index (χ1) is 9.99. The summed E-state index contributed by atoms with van der Waals surface area (Å²) in [7, 11) is 1.65. The van der Waals surface area contributed by atoms with E-state index in [0.717, 1.165) is 5.75 Å². The number of carbonyl (C=O) groups is 2. The Balaban J connectivity index is 2.12. The molecule has 1 heterocycles. The quantitative estimate of drug-likeness (QED) is 0.890. The zero-order valence-electron chi connectivity index (χ0n) is 11.7. The molecule has 7 heteroatoms. The van der Waals surface area contributed by atoms with Gasteiger partial charge in [-0.05, 0) is 24.3 Å². The summed E-state index contributed by atoms with van der Waals surface area (Å²) in [5.74, 6) is 0.692. The van der Waals surface area contributed by atoms with Crippen LogP contribution in [0.3, 0.4) is 0 Å². The molecule has 0 spiro atoms. The van der Waals surface area contributed by atoms with Crippen LogP contribution in [0.5, 0.6) is 5.75 Å². The number of aliphatic carboxylic acids is 1. The van der Waals surface area contributed by atoms with Gasteiger partial charge in [-0.25, -0.2) is 4.79 Å². The van der Waals surface area contributed by atoms with Crippen molar-refractivity contribution < 1.29 is 19.8 Å². The zero-order chi connectivity index (χ0) is 15.4. The largest absolute Gasteiger partial charge is 0.508 e. The van der Waals surface area contributed by atoms with E-state index in [0.29, 0.717) is 18.0 Å². The van der Waals surface area contributed by atoms with Gasteiger partial charge in [-0.3, -0.25) is 9.69 Å². The average molecular weight is 310 g/mol. The predicted molar refractivity (Wildman–Crippen MR) is 82.0 cm³/mol. The van der Waals surface area contributed by atoms with E-state index >= 15 is 0 Å². The summed E-state index contributed by atoms with van der Waals surface area (Å²) in [6, 6.07) is 5.83. The topological polar surface area (TPSA) is 81.1 Å². The molecule has 114 valence electrons. The maximum Gasteiger partial charge on any atom is 0.324 e. The second-order valence-electron chi connectivity index (χ2n) is 4.88. The van der Waals surface area contributed by atoms with Crippen molar-refractivity contribution in [3.8, 4) is 5.75 Å². The van der Waals surface area contributed by atoms with Crippen LogP contribution in [0.4, 0.5) is 10.5 Å². The highest BCUT2D eigenvalue weighted by Crippen LogP contribution is 2.23. The van der Waals surface area contributed by atoms with Crippen LogP contribution in [-0.4, -0.2) is 58.3 Å². The number of hydrogen-bond donors (Lipinski definition) is 2. The lowest BCUT2D eigenvalue weighted by Crippen LogP contribution is -2.51. The fourth-order valence-electron chi connectivity index (χ4n) is 2.26. The highest BCUT2D eigenvalue weighted by Gasteiger charge is 2.31. The van der Waals surface area contributed by atoms with Gasteiger partial charge < -0.3 is 15.1 Å². The zero-order valence-corrected chi connectivity index (χ0v) is 12.5. The van der Waals surface area contributed by atoms with Crippen LogP contribution in [-0.2, 0) is 4.79 Å². The van der Waals surface area contributed by atoms with E-state index in [2.05, 4.69) is 0 Å². The van der Waals surface area contributed by atoms with Gasteiger partial charge in [0.25, 0.3) is 0 Å². The summed E-state index contributed by atoms with van der Waals surface area (Å²) < 4.78 is 0. The van der Waals surface area contributed by atoms with Gasteiger partial charge in [0.1, 0.15) is 5.75 Å². The van der Waals surface area contributed by atoms with Crippen LogP contribution >= 0.6 is 11.8 Å². The summed E-state index contributed by atoms with van der Waals surface area (Å²) in [5.41, 5.74) is 0.658. The van der Waals surface area contributed by atoms with Crippen molar-refractivity contribution in [2.75, 3.05) is 30.0 Å². The molecule has 1 aromatic rings. The summed E-state index contributed by atoms with van der Waals surface area (Å²) in [6.45, 7) is 0.546. The van der Waals surface area contributed by atoms with Crippen LogP contribution in [0, 0.1) is 0 Å². The molecular formula is C14H18N2O4S. The molecule has 6 nitrogen and oxygen atoms in total. The number of benzene rings is 1. The third-order valence-electron chi connectivity index (χ3n) is 3.41. The number of amides is 2. The van der Waals surface area contributed by atoms with Crippen molar-refractivity contribution >= 4 is 29.4 Å². The molecule has 2 N–H and O–H groups in total. The van der Waals surface area contributed by atoms with Crippen LogP contribution in [0.2, 0.25) is 0 Å². The molecule has 0 saturated carbocycles. The average Bonchev–Trinajstić information content (AvgIpc) is 2.46. The minimum Gasteiger partial charge on any atom is -0.508 e. The summed E-state index contributed by atoms with van der Waals surface area (Å²) in [6.07, 6.45) is -0.0395. The molecule has 1 aliphatic heterocycles. The Kier molecular flexibility index (Phi) is 4.95. The maximum absolute atomic E-state index is 12.6. The van der Waals surface area contributed by atoms with Crippen molar-refractivity contribution in [3.05, 3.63) is 24.3 Å². The van der Waals surface area contributed by atoms with Gasteiger partial charge in [0, 0.05) is 30.8 Å². The van der Waals surface area contributed by atoms with Gasteiger partial charge in [-0.15, -0.1) is 0 Å². The van der Waals surface area contributed by atoms with Gasteiger partial charge >= 0.3 is 12.0 Å². The van der Waals surface area contributed by atoms with E-state index in [-0.39, 0.29) is 24.2 Å². The molecule has 2 amide bonds.